The smallest absolute Gasteiger partial charge is 0.243 e. The van der Waals surface area contributed by atoms with Crippen molar-refractivity contribution < 1.29 is 14.3 Å². The molecule has 1 amide bonds. The highest BCUT2D eigenvalue weighted by Gasteiger charge is 2.06. The van der Waals surface area contributed by atoms with E-state index >= 15 is 0 Å². The zero-order chi connectivity index (χ0) is 19.4. The average Bonchev–Trinajstić information content (AvgIpc) is 2.61. The number of rotatable bonds is 10. The maximum atomic E-state index is 11.8. The van der Waals surface area contributed by atoms with Gasteiger partial charge in [-0.2, -0.15) is 0 Å². The summed E-state index contributed by atoms with van der Waals surface area (Å²) < 4.78 is 10.7. The van der Waals surface area contributed by atoms with Crippen LogP contribution in [0.4, 0.5) is 5.69 Å². The molecule has 0 aromatic heterocycles. The molecular weight excluding hydrogens is 332 g/mol. The second kappa shape index (κ2) is 12.1. The fourth-order valence-corrected chi connectivity index (χ4v) is 1.92. The summed E-state index contributed by atoms with van der Waals surface area (Å²) in [6.07, 6.45) is 0.837. The van der Waals surface area contributed by atoms with Crippen LogP contribution in [0.3, 0.4) is 0 Å². The van der Waals surface area contributed by atoms with E-state index in [0.717, 1.165) is 24.4 Å². The predicted molar refractivity (Wildman–Crippen MR) is 106 cm³/mol. The molecule has 0 fully saturated rings. The van der Waals surface area contributed by atoms with E-state index in [9.17, 15) is 4.79 Å². The number of hydrogen-bond acceptors (Lipinski definition) is 4. The van der Waals surface area contributed by atoms with Crippen molar-refractivity contribution in [3.63, 3.8) is 0 Å². The SMILES string of the molecule is COCCCOc1cccc(NC(=NCC(=O)N(C)C)NCC(C)C)c1. The molecule has 0 aliphatic carbocycles. The first-order valence-electron chi connectivity index (χ1n) is 8.89. The number of anilines is 1. The van der Waals surface area contributed by atoms with Crippen molar-refractivity contribution in [2.24, 2.45) is 10.9 Å². The maximum Gasteiger partial charge on any atom is 0.243 e. The largest absolute Gasteiger partial charge is 0.493 e. The molecule has 0 saturated heterocycles. The van der Waals surface area contributed by atoms with Crippen LogP contribution in [0.2, 0.25) is 0 Å². The molecule has 1 aromatic carbocycles. The van der Waals surface area contributed by atoms with E-state index in [-0.39, 0.29) is 12.5 Å². The fraction of sp³-hybridized carbons (Fsp3) is 0.579. The summed E-state index contributed by atoms with van der Waals surface area (Å²) in [7, 11) is 5.12. The number of likely N-dealkylation sites (N-methyl/N-ethyl adjacent to an activating group) is 1. The molecule has 0 atom stereocenters. The monoisotopic (exact) mass is 364 g/mol. The Morgan fingerprint density at radius 1 is 1.27 bits per heavy atom. The lowest BCUT2D eigenvalue weighted by molar-refractivity contribution is -0.127. The first kappa shape index (κ1) is 21.8. The average molecular weight is 364 g/mol. The summed E-state index contributed by atoms with van der Waals surface area (Å²) in [5, 5.41) is 6.49. The number of aliphatic imine (C=N–C) groups is 1. The number of methoxy groups -OCH3 is 1. The highest BCUT2D eigenvalue weighted by Crippen LogP contribution is 2.17. The van der Waals surface area contributed by atoms with Gasteiger partial charge in [0.2, 0.25) is 5.91 Å². The van der Waals surface area contributed by atoms with Gasteiger partial charge in [-0.25, -0.2) is 4.99 Å². The molecule has 0 heterocycles. The van der Waals surface area contributed by atoms with Crippen LogP contribution in [-0.4, -0.2) is 64.3 Å². The van der Waals surface area contributed by atoms with Gasteiger partial charge in [-0.1, -0.05) is 19.9 Å². The third kappa shape index (κ3) is 9.27. The first-order chi connectivity index (χ1) is 12.4. The molecular formula is C19H32N4O3. The molecule has 0 bridgehead atoms. The van der Waals surface area contributed by atoms with E-state index in [0.29, 0.717) is 25.1 Å². The van der Waals surface area contributed by atoms with E-state index in [1.807, 2.05) is 24.3 Å². The molecule has 7 heteroatoms. The van der Waals surface area contributed by atoms with Crippen molar-refractivity contribution in [1.29, 1.82) is 0 Å². The zero-order valence-electron chi connectivity index (χ0n) is 16.5. The zero-order valence-corrected chi connectivity index (χ0v) is 16.5. The molecule has 1 rings (SSSR count). The Balaban J connectivity index is 2.72. The number of carbonyl (C=O) groups excluding carboxylic acids is 1. The molecule has 0 radical (unpaired) electrons. The Hall–Kier alpha value is -2.28. The van der Waals surface area contributed by atoms with Gasteiger partial charge >= 0.3 is 0 Å². The lowest BCUT2D eigenvalue weighted by atomic mass is 10.2. The lowest BCUT2D eigenvalue weighted by Crippen LogP contribution is -2.35. The van der Waals surface area contributed by atoms with E-state index < -0.39 is 0 Å². The molecule has 2 N–H and O–H groups in total. The van der Waals surface area contributed by atoms with Crippen LogP contribution in [0.25, 0.3) is 0 Å². The van der Waals surface area contributed by atoms with E-state index in [1.165, 1.54) is 4.90 Å². The van der Waals surface area contributed by atoms with Gasteiger partial charge in [-0.15, -0.1) is 0 Å². The van der Waals surface area contributed by atoms with Crippen LogP contribution >= 0.6 is 0 Å². The number of nitrogens with one attached hydrogen (secondary N) is 2. The molecule has 146 valence electrons. The van der Waals surface area contributed by atoms with Crippen LogP contribution in [0.5, 0.6) is 5.75 Å². The normalized spacial score (nSPS) is 11.4. The second-order valence-corrected chi connectivity index (χ2v) is 6.58. The predicted octanol–water partition coefficient (Wildman–Crippen LogP) is 2.20. The van der Waals surface area contributed by atoms with Crippen LogP contribution in [0, 0.1) is 5.92 Å². The van der Waals surface area contributed by atoms with Crippen LogP contribution in [0.1, 0.15) is 20.3 Å². The second-order valence-electron chi connectivity index (χ2n) is 6.58. The quantitative estimate of drug-likeness (QED) is 0.378. The molecule has 0 aliphatic rings. The first-order valence-corrected chi connectivity index (χ1v) is 8.89. The lowest BCUT2D eigenvalue weighted by Gasteiger charge is -2.15. The number of ether oxygens (including phenoxy) is 2. The van der Waals surface area contributed by atoms with Gasteiger partial charge < -0.3 is 25.0 Å². The summed E-state index contributed by atoms with van der Waals surface area (Å²) in [5.74, 6) is 1.76. The third-order valence-electron chi connectivity index (χ3n) is 3.41. The topological polar surface area (TPSA) is 75.2 Å². The summed E-state index contributed by atoms with van der Waals surface area (Å²) in [4.78, 5) is 17.7. The third-order valence-corrected chi connectivity index (χ3v) is 3.41. The van der Waals surface area contributed by atoms with Gasteiger partial charge in [-0.05, 0) is 18.1 Å². The summed E-state index contributed by atoms with van der Waals surface area (Å²) >= 11 is 0. The Labute approximate surface area is 156 Å². The molecule has 0 spiro atoms. The van der Waals surface area contributed by atoms with Gasteiger partial charge in [0.25, 0.3) is 0 Å². The van der Waals surface area contributed by atoms with Crippen molar-refractivity contribution in [3.05, 3.63) is 24.3 Å². The standard InChI is InChI=1S/C19H32N4O3/c1-15(2)13-20-19(21-14-18(24)23(3)4)22-16-8-6-9-17(12-16)26-11-7-10-25-5/h6,8-9,12,15H,7,10-11,13-14H2,1-5H3,(H2,20,21,22). The van der Waals surface area contributed by atoms with Gasteiger partial charge in [-0.3, -0.25) is 4.79 Å². The summed E-state index contributed by atoms with van der Waals surface area (Å²) in [5.41, 5.74) is 0.849. The molecule has 0 unspecified atom stereocenters. The summed E-state index contributed by atoms with van der Waals surface area (Å²) in [6, 6.07) is 7.67. The molecule has 0 saturated carbocycles. The highest BCUT2D eigenvalue weighted by atomic mass is 16.5. The Morgan fingerprint density at radius 3 is 2.69 bits per heavy atom. The Kier molecular flexibility index (Phi) is 10.2. The minimum Gasteiger partial charge on any atom is -0.493 e. The van der Waals surface area contributed by atoms with Crippen molar-refractivity contribution >= 4 is 17.6 Å². The Morgan fingerprint density at radius 2 is 2.04 bits per heavy atom. The molecule has 0 aliphatic heterocycles. The fourth-order valence-electron chi connectivity index (χ4n) is 1.92. The van der Waals surface area contributed by atoms with Crippen molar-refractivity contribution in [2.45, 2.75) is 20.3 Å². The van der Waals surface area contributed by atoms with Gasteiger partial charge in [0.1, 0.15) is 12.3 Å². The van der Waals surface area contributed by atoms with E-state index in [1.54, 1.807) is 21.2 Å². The summed E-state index contributed by atoms with van der Waals surface area (Å²) in [6.45, 7) is 6.35. The van der Waals surface area contributed by atoms with Crippen LogP contribution in [-0.2, 0) is 9.53 Å². The van der Waals surface area contributed by atoms with E-state index in [4.69, 9.17) is 9.47 Å². The number of guanidine groups is 1. The number of amides is 1. The van der Waals surface area contributed by atoms with Gasteiger partial charge in [0.15, 0.2) is 5.96 Å². The minimum absolute atomic E-state index is 0.0501. The minimum atomic E-state index is -0.0501. The van der Waals surface area contributed by atoms with Crippen molar-refractivity contribution in [1.82, 2.24) is 10.2 Å². The van der Waals surface area contributed by atoms with Crippen LogP contribution < -0.4 is 15.4 Å². The van der Waals surface area contributed by atoms with Crippen molar-refractivity contribution in [2.75, 3.05) is 52.8 Å². The van der Waals surface area contributed by atoms with E-state index in [2.05, 4.69) is 29.5 Å². The number of benzene rings is 1. The van der Waals surface area contributed by atoms with Crippen LogP contribution in [0.15, 0.2) is 29.3 Å². The molecule has 1 aromatic rings. The highest BCUT2D eigenvalue weighted by molar-refractivity contribution is 5.95. The maximum absolute atomic E-state index is 11.8. The van der Waals surface area contributed by atoms with Crippen molar-refractivity contribution in [3.8, 4) is 5.75 Å². The van der Waals surface area contributed by atoms with Gasteiger partial charge in [0.05, 0.1) is 6.61 Å². The van der Waals surface area contributed by atoms with Gasteiger partial charge in [0, 0.05) is 52.5 Å². The number of hydrogen-bond donors (Lipinski definition) is 2. The molecule has 26 heavy (non-hydrogen) atoms. The molecule has 7 nitrogen and oxygen atoms in total. The Bertz CT molecular complexity index is 574. The number of nitrogens with zero attached hydrogens (tertiary/aromatic N) is 2. The number of carbonyl (C=O) groups is 1.